The second kappa shape index (κ2) is 7.81. The van der Waals surface area contributed by atoms with Gasteiger partial charge in [-0.2, -0.15) is 0 Å². The van der Waals surface area contributed by atoms with Gasteiger partial charge in [-0.05, 0) is 26.8 Å². The zero-order valence-electron chi connectivity index (χ0n) is 12.6. The molecule has 6 nitrogen and oxygen atoms in total. The molecular formula is C14H27N3O3. The Labute approximate surface area is 121 Å². The van der Waals surface area contributed by atoms with Gasteiger partial charge in [0, 0.05) is 44.9 Å². The molecule has 0 spiro atoms. The number of carbonyl (C=O) groups is 1. The average Bonchev–Trinajstić information content (AvgIpc) is 2.84. The number of carbonyl (C=O) groups excluding carboxylic acids is 1. The average molecular weight is 285 g/mol. The first-order valence-corrected chi connectivity index (χ1v) is 7.64. The van der Waals surface area contributed by atoms with E-state index in [4.69, 9.17) is 9.47 Å². The SMILES string of the molecule is CCOC[C@@H]1CC[C@@H](COC(=O)N2CCNCC2)N1C. The van der Waals surface area contributed by atoms with Gasteiger partial charge in [0.05, 0.1) is 6.61 Å². The van der Waals surface area contributed by atoms with Crippen LogP contribution in [-0.4, -0.2) is 81.0 Å². The summed E-state index contributed by atoms with van der Waals surface area (Å²) in [6, 6.07) is 0.783. The predicted molar refractivity (Wildman–Crippen MR) is 76.9 cm³/mol. The van der Waals surface area contributed by atoms with Crippen LogP contribution in [0.5, 0.6) is 0 Å². The molecule has 2 heterocycles. The summed E-state index contributed by atoms with van der Waals surface area (Å²) in [5.41, 5.74) is 0. The minimum Gasteiger partial charge on any atom is -0.448 e. The summed E-state index contributed by atoms with van der Waals surface area (Å²) in [6.45, 7) is 7.23. The van der Waals surface area contributed by atoms with E-state index in [2.05, 4.69) is 17.3 Å². The molecule has 0 aromatic heterocycles. The van der Waals surface area contributed by atoms with Gasteiger partial charge in [0.2, 0.25) is 0 Å². The van der Waals surface area contributed by atoms with Crippen molar-refractivity contribution in [2.45, 2.75) is 31.8 Å². The first-order chi connectivity index (χ1) is 9.72. The van der Waals surface area contributed by atoms with Crippen LogP contribution in [0.15, 0.2) is 0 Å². The Hall–Kier alpha value is -0.850. The standard InChI is InChI=1S/C14H27N3O3/c1-3-19-10-12-4-5-13(16(12)2)11-20-14(18)17-8-6-15-7-9-17/h12-13,15H,3-11H2,1-2H3/t12-,13-/m0/s1. The van der Waals surface area contributed by atoms with E-state index in [-0.39, 0.29) is 6.09 Å². The fourth-order valence-electron chi connectivity index (χ4n) is 2.85. The Morgan fingerprint density at radius 1 is 1.20 bits per heavy atom. The minimum atomic E-state index is -0.173. The van der Waals surface area contributed by atoms with Gasteiger partial charge in [-0.25, -0.2) is 4.79 Å². The molecule has 20 heavy (non-hydrogen) atoms. The molecule has 2 rings (SSSR count). The van der Waals surface area contributed by atoms with E-state index in [9.17, 15) is 4.79 Å². The molecule has 0 bridgehead atoms. The van der Waals surface area contributed by atoms with Crippen LogP contribution in [0.4, 0.5) is 4.79 Å². The highest BCUT2D eigenvalue weighted by atomic mass is 16.6. The van der Waals surface area contributed by atoms with Crippen molar-refractivity contribution in [3.8, 4) is 0 Å². The maximum absolute atomic E-state index is 11.9. The molecule has 0 aromatic rings. The summed E-state index contributed by atoms with van der Waals surface area (Å²) in [6.07, 6.45) is 2.02. The quantitative estimate of drug-likeness (QED) is 0.798. The van der Waals surface area contributed by atoms with Gasteiger partial charge in [0.25, 0.3) is 0 Å². The topological polar surface area (TPSA) is 54.0 Å². The van der Waals surface area contributed by atoms with Crippen LogP contribution in [0.3, 0.4) is 0 Å². The van der Waals surface area contributed by atoms with Crippen LogP contribution in [0, 0.1) is 0 Å². The fraction of sp³-hybridized carbons (Fsp3) is 0.929. The van der Waals surface area contributed by atoms with Crippen LogP contribution in [-0.2, 0) is 9.47 Å². The predicted octanol–water partition coefficient (Wildman–Crippen LogP) is 0.528. The number of nitrogens with zero attached hydrogens (tertiary/aromatic N) is 2. The van der Waals surface area contributed by atoms with E-state index in [0.717, 1.165) is 52.2 Å². The van der Waals surface area contributed by atoms with Gasteiger partial charge in [-0.15, -0.1) is 0 Å². The van der Waals surface area contributed by atoms with Gasteiger partial charge in [-0.3, -0.25) is 4.90 Å². The highest BCUT2D eigenvalue weighted by Crippen LogP contribution is 2.22. The third kappa shape index (κ3) is 4.07. The lowest BCUT2D eigenvalue weighted by atomic mass is 10.2. The first-order valence-electron chi connectivity index (χ1n) is 7.64. The van der Waals surface area contributed by atoms with Crippen molar-refractivity contribution in [2.75, 3.05) is 53.0 Å². The highest BCUT2D eigenvalue weighted by molar-refractivity contribution is 5.67. The van der Waals surface area contributed by atoms with Crippen LogP contribution in [0.25, 0.3) is 0 Å². The van der Waals surface area contributed by atoms with Crippen LogP contribution in [0.1, 0.15) is 19.8 Å². The van der Waals surface area contributed by atoms with E-state index in [1.165, 1.54) is 0 Å². The molecule has 1 N–H and O–H groups in total. The zero-order chi connectivity index (χ0) is 14.4. The van der Waals surface area contributed by atoms with Gasteiger partial charge in [0.1, 0.15) is 6.61 Å². The van der Waals surface area contributed by atoms with Crippen molar-refractivity contribution < 1.29 is 14.3 Å². The summed E-state index contributed by atoms with van der Waals surface area (Å²) in [4.78, 5) is 16.0. The lowest BCUT2D eigenvalue weighted by molar-refractivity contribution is 0.0535. The minimum absolute atomic E-state index is 0.173. The fourth-order valence-corrected chi connectivity index (χ4v) is 2.85. The number of likely N-dealkylation sites (N-methyl/N-ethyl adjacent to an activating group) is 1. The normalized spacial score (nSPS) is 27.8. The Balaban J connectivity index is 1.69. The molecule has 2 aliphatic rings. The molecule has 0 radical (unpaired) electrons. The summed E-state index contributed by atoms with van der Waals surface area (Å²) >= 11 is 0. The van der Waals surface area contributed by atoms with Crippen LogP contribution in [0.2, 0.25) is 0 Å². The van der Waals surface area contributed by atoms with E-state index in [1.54, 1.807) is 4.90 Å². The summed E-state index contributed by atoms with van der Waals surface area (Å²) in [5.74, 6) is 0. The number of nitrogens with one attached hydrogen (secondary N) is 1. The molecule has 0 saturated carbocycles. The van der Waals surface area contributed by atoms with E-state index >= 15 is 0 Å². The second-order valence-electron chi connectivity index (χ2n) is 5.52. The molecule has 116 valence electrons. The molecule has 2 saturated heterocycles. The molecule has 0 aromatic carbocycles. The number of rotatable bonds is 5. The van der Waals surface area contributed by atoms with Gasteiger partial charge in [-0.1, -0.05) is 0 Å². The summed E-state index contributed by atoms with van der Waals surface area (Å²) < 4.78 is 11.0. The monoisotopic (exact) mass is 285 g/mol. The maximum Gasteiger partial charge on any atom is 0.409 e. The highest BCUT2D eigenvalue weighted by Gasteiger charge is 2.31. The summed E-state index contributed by atoms with van der Waals surface area (Å²) in [7, 11) is 2.10. The third-order valence-corrected chi connectivity index (χ3v) is 4.27. The maximum atomic E-state index is 11.9. The molecule has 0 unspecified atom stereocenters. The molecule has 0 aliphatic carbocycles. The Morgan fingerprint density at radius 2 is 1.85 bits per heavy atom. The number of hydrogen-bond donors (Lipinski definition) is 1. The number of piperazine rings is 1. The number of likely N-dealkylation sites (tertiary alicyclic amines) is 1. The van der Waals surface area contributed by atoms with Crippen molar-refractivity contribution >= 4 is 6.09 Å². The Bertz CT molecular complexity index is 308. The van der Waals surface area contributed by atoms with Gasteiger partial charge >= 0.3 is 6.09 Å². The molecule has 2 fully saturated rings. The Morgan fingerprint density at radius 3 is 2.50 bits per heavy atom. The van der Waals surface area contributed by atoms with Crippen molar-refractivity contribution in [3.05, 3.63) is 0 Å². The van der Waals surface area contributed by atoms with E-state index in [1.807, 2.05) is 6.92 Å². The van der Waals surface area contributed by atoms with Crippen LogP contribution < -0.4 is 5.32 Å². The number of amides is 1. The van der Waals surface area contributed by atoms with Gasteiger partial charge in [0.15, 0.2) is 0 Å². The van der Waals surface area contributed by atoms with E-state index < -0.39 is 0 Å². The molecule has 2 aliphatic heterocycles. The third-order valence-electron chi connectivity index (χ3n) is 4.27. The van der Waals surface area contributed by atoms with Crippen molar-refractivity contribution in [3.63, 3.8) is 0 Å². The molecule has 6 heteroatoms. The molecule has 1 amide bonds. The van der Waals surface area contributed by atoms with Crippen LogP contribution >= 0.6 is 0 Å². The lowest BCUT2D eigenvalue weighted by Crippen LogP contribution is -2.47. The zero-order valence-corrected chi connectivity index (χ0v) is 12.6. The van der Waals surface area contributed by atoms with E-state index in [0.29, 0.717) is 18.7 Å². The van der Waals surface area contributed by atoms with Crippen molar-refractivity contribution in [2.24, 2.45) is 0 Å². The lowest BCUT2D eigenvalue weighted by Gasteiger charge is -2.29. The molecule has 2 atom stereocenters. The van der Waals surface area contributed by atoms with Gasteiger partial charge < -0.3 is 19.7 Å². The molecular weight excluding hydrogens is 258 g/mol. The second-order valence-corrected chi connectivity index (χ2v) is 5.52. The van der Waals surface area contributed by atoms with Crippen molar-refractivity contribution in [1.82, 2.24) is 15.1 Å². The first kappa shape index (κ1) is 15.5. The largest absolute Gasteiger partial charge is 0.448 e. The Kier molecular flexibility index (Phi) is 6.06. The summed E-state index contributed by atoms with van der Waals surface area (Å²) in [5, 5.41) is 3.23. The number of hydrogen-bond acceptors (Lipinski definition) is 5. The number of ether oxygens (including phenoxy) is 2. The smallest absolute Gasteiger partial charge is 0.409 e. The van der Waals surface area contributed by atoms with Crippen molar-refractivity contribution in [1.29, 1.82) is 0 Å².